The number of ether oxygens (including phenoxy) is 3. The van der Waals surface area contributed by atoms with Gasteiger partial charge in [0.25, 0.3) is 0 Å². The predicted molar refractivity (Wildman–Crippen MR) is 98.2 cm³/mol. The maximum absolute atomic E-state index is 12.8. The molecule has 0 unspecified atom stereocenters. The summed E-state index contributed by atoms with van der Waals surface area (Å²) in [6.45, 7) is 7.72. The number of hydrogen-bond acceptors (Lipinski definition) is 7. The highest BCUT2D eigenvalue weighted by atomic mass is 16.7. The molecule has 1 aromatic rings. The molecular formula is C20H23NO7. The Morgan fingerprint density at radius 1 is 1.25 bits per heavy atom. The third-order valence-electron chi connectivity index (χ3n) is 4.25. The maximum atomic E-state index is 12.8. The number of fused-ring (bicyclic) bond motifs is 1. The van der Waals surface area contributed by atoms with E-state index in [1.807, 2.05) is 0 Å². The average Bonchev–Trinajstić information content (AvgIpc) is 2.96. The lowest BCUT2D eigenvalue weighted by molar-refractivity contribution is -0.140. The fourth-order valence-electron chi connectivity index (χ4n) is 3.18. The third kappa shape index (κ3) is 4.23. The van der Waals surface area contributed by atoms with Gasteiger partial charge in [0.05, 0.1) is 24.5 Å². The highest BCUT2D eigenvalue weighted by Gasteiger charge is 2.34. The first-order valence-electron chi connectivity index (χ1n) is 8.92. The number of carbonyl (C=O) groups excluding carboxylic acids is 3. The van der Waals surface area contributed by atoms with Crippen LogP contribution in [0.4, 0.5) is 4.79 Å². The van der Waals surface area contributed by atoms with Crippen molar-refractivity contribution in [3.8, 4) is 5.75 Å². The highest BCUT2D eigenvalue weighted by Crippen LogP contribution is 2.32. The number of ketones is 2. The molecule has 2 aliphatic rings. The van der Waals surface area contributed by atoms with E-state index in [9.17, 15) is 19.5 Å². The van der Waals surface area contributed by atoms with Gasteiger partial charge >= 0.3 is 6.09 Å². The quantitative estimate of drug-likeness (QED) is 0.817. The van der Waals surface area contributed by atoms with Gasteiger partial charge in [-0.1, -0.05) is 0 Å². The van der Waals surface area contributed by atoms with E-state index < -0.39 is 29.0 Å². The normalized spacial score (nSPS) is 18.5. The van der Waals surface area contributed by atoms with Crippen molar-refractivity contribution in [2.24, 2.45) is 0 Å². The minimum atomic E-state index is -0.865. The second-order valence-corrected chi connectivity index (χ2v) is 7.92. The molecule has 1 amide bonds. The van der Waals surface area contributed by atoms with Gasteiger partial charge in [-0.25, -0.2) is 4.79 Å². The van der Waals surface area contributed by atoms with Crippen LogP contribution in [0, 0.1) is 0 Å². The molecule has 0 spiro atoms. The second-order valence-electron chi connectivity index (χ2n) is 7.92. The van der Waals surface area contributed by atoms with Crippen LogP contribution in [-0.2, 0) is 20.6 Å². The van der Waals surface area contributed by atoms with Crippen LogP contribution >= 0.6 is 0 Å². The summed E-state index contributed by atoms with van der Waals surface area (Å²) in [6, 6.07) is 2.93. The second kappa shape index (κ2) is 7.03. The van der Waals surface area contributed by atoms with Crippen LogP contribution in [0.1, 0.15) is 54.0 Å². The Kier molecular flexibility index (Phi) is 5.03. The van der Waals surface area contributed by atoms with Crippen molar-refractivity contribution < 1.29 is 33.7 Å². The Hall–Kier alpha value is -2.71. The Bertz CT molecular complexity index is 873. The number of rotatable bonds is 3. The maximum Gasteiger partial charge on any atom is 0.412 e. The van der Waals surface area contributed by atoms with Gasteiger partial charge in [-0.05, 0) is 45.4 Å². The number of benzene rings is 1. The number of nitrogens with one attached hydrogen (secondary N) is 1. The van der Waals surface area contributed by atoms with Gasteiger partial charge in [-0.15, -0.1) is 0 Å². The predicted octanol–water partition coefficient (Wildman–Crippen LogP) is 2.49. The molecular weight excluding hydrogens is 366 g/mol. The van der Waals surface area contributed by atoms with Crippen LogP contribution in [0.25, 0.3) is 0 Å². The number of Topliss-reactive ketones (excluding diaryl/α,β-unsaturated/α-hetero) is 1. The zero-order valence-corrected chi connectivity index (χ0v) is 16.3. The zero-order valence-electron chi connectivity index (χ0n) is 16.3. The lowest BCUT2D eigenvalue weighted by atomic mass is 9.89. The molecule has 8 heteroatoms. The van der Waals surface area contributed by atoms with Crippen molar-refractivity contribution in [3.05, 3.63) is 40.6 Å². The van der Waals surface area contributed by atoms with Gasteiger partial charge in [0.15, 0.2) is 11.6 Å². The van der Waals surface area contributed by atoms with E-state index >= 15 is 0 Å². The van der Waals surface area contributed by atoms with Gasteiger partial charge in [0, 0.05) is 18.1 Å². The average molecular weight is 389 g/mol. The molecule has 1 heterocycles. The van der Waals surface area contributed by atoms with Crippen molar-refractivity contribution >= 4 is 17.7 Å². The molecule has 2 N–H and O–H groups in total. The molecule has 0 saturated carbocycles. The topological polar surface area (TPSA) is 111 Å². The molecule has 0 radical (unpaired) electrons. The van der Waals surface area contributed by atoms with E-state index in [0.717, 1.165) is 6.08 Å². The van der Waals surface area contributed by atoms with Crippen molar-refractivity contribution in [1.29, 1.82) is 0 Å². The lowest BCUT2D eigenvalue weighted by Crippen LogP contribution is -2.36. The minimum absolute atomic E-state index is 0.00940. The van der Waals surface area contributed by atoms with Crippen LogP contribution in [-0.4, -0.2) is 47.4 Å². The number of amides is 1. The lowest BCUT2D eigenvalue weighted by Gasteiger charge is -2.24. The number of carbonyl (C=O) groups is 3. The van der Waals surface area contributed by atoms with Crippen LogP contribution in [0.5, 0.6) is 5.75 Å². The fourth-order valence-corrected chi connectivity index (χ4v) is 3.18. The van der Waals surface area contributed by atoms with Gasteiger partial charge < -0.3 is 19.3 Å². The molecule has 0 bridgehead atoms. The van der Waals surface area contributed by atoms with Crippen molar-refractivity contribution in [2.75, 3.05) is 13.2 Å². The molecule has 150 valence electrons. The summed E-state index contributed by atoms with van der Waals surface area (Å²) in [5.41, 5.74) is -0.479. The van der Waals surface area contributed by atoms with E-state index in [2.05, 4.69) is 5.32 Å². The Labute approximate surface area is 162 Å². The van der Waals surface area contributed by atoms with Gasteiger partial charge in [-0.2, -0.15) is 0 Å². The number of phenols is 1. The first-order valence-corrected chi connectivity index (χ1v) is 8.92. The summed E-state index contributed by atoms with van der Waals surface area (Å²) in [7, 11) is 0. The van der Waals surface area contributed by atoms with Gasteiger partial charge in [0.2, 0.25) is 5.78 Å². The number of hydrogen-bond donors (Lipinski definition) is 2. The largest absolute Gasteiger partial charge is 0.507 e. The minimum Gasteiger partial charge on any atom is -0.507 e. The van der Waals surface area contributed by atoms with Gasteiger partial charge in [0.1, 0.15) is 11.4 Å². The van der Waals surface area contributed by atoms with E-state index in [-0.39, 0.29) is 29.0 Å². The Morgan fingerprint density at radius 3 is 2.50 bits per heavy atom. The Morgan fingerprint density at radius 2 is 1.89 bits per heavy atom. The van der Waals surface area contributed by atoms with Crippen LogP contribution in [0.2, 0.25) is 0 Å². The summed E-state index contributed by atoms with van der Waals surface area (Å²) in [6.07, 6.45) is 0.427. The van der Waals surface area contributed by atoms with Crippen molar-refractivity contribution in [1.82, 2.24) is 5.32 Å². The monoisotopic (exact) mass is 389 g/mol. The molecule has 0 atom stereocenters. The first kappa shape index (κ1) is 20.0. The van der Waals surface area contributed by atoms with Crippen LogP contribution in [0.15, 0.2) is 23.9 Å². The van der Waals surface area contributed by atoms with Crippen molar-refractivity contribution in [3.63, 3.8) is 0 Å². The van der Waals surface area contributed by atoms with E-state index in [4.69, 9.17) is 14.2 Å². The summed E-state index contributed by atoms with van der Waals surface area (Å²) in [5.74, 6) is -2.34. The molecule has 1 saturated heterocycles. The molecule has 3 rings (SSSR count). The summed E-state index contributed by atoms with van der Waals surface area (Å²) in [4.78, 5) is 37.2. The van der Waals surface area contributed by atoms with Crippen LogP contribution in [0.3, 0.4) is 0 Å². The summed E-state index contributed by atoms with van der Waals surface area (Å²) in [5, 5.41) is 12.6. The smallest absolute Gasteiger partial charge is 0.412 e. The SMILES string of the molecule is CC(C)(C)OC(=O)NC1=CC(=O)c2c(O)cc(CC3(C)OCCO3)cc2C1=O. The van der Waals surface area contributed by atoms with Gasteiger partial charge in [-0.3, -0.25) is 14.9 Å². The molecule has 28 heavy (non-hydrogen) atoms. The number of phenolic OH excluding ortho intramolecular Hbond substituents is 1. The first-order chi connectivity index (χ1) is 13.0. The van der Waals surface area contributed by atoms with E-state index in [0.29, 0.717) is 18.8 Å². The standard InChI is InChI=1S/C20H23NO7/c1-19(2,3)28-18(25)21-13-9-15(23)16-12(17(13)24)7-11(8-14(16)22)10-20(4)26-5-6-27-20/h7-9,22H,5-6,10H2,1-4H3,(H,21,25). The summed E-state index contributed by atoms with van der Waals surface area (Å²) < 4.78 is 16.2. The number of allylic oxidation sites excluding steroid dienone is 2. The molecule has 1 fully saturated rings. The molecule has 1 aliphatic heterocycles. The van der Waals surface area contributed by atoms with Crippen molar-refractivity contribution in [2.45, 2.75) is 45.5 Å². The zero-order chi connectivity index (χ0) is 20.7. The molecule has 0 aromatic heterocycles. The van der Waals surface area contributed by atoms with Crippen LogP contribution < -0.4 is 5.32 Å². The van der Waals surface area contributed by atoms with E-state index in [1.165, 1.54) is 12.1 Å². The molecule has 1 aliphatic carbocycles. The number of aromatic hydroxyl groups is 1. The third-order valence-corrected chi connectivity index (χ3v) is 4.25. The molecule has 8 nitrogen and oxygen atoms in total. The molecule has 1 aromatic carbocycles. The number of alkyl carbamates (subject to hydrolysis) is 1. The highest BCUT2D eigenvalue weighted by molar-refractivity contribution is 6.26. The van der Waals surface area contributed by atoms with E-state index in [1.54, 1.807) is 27.7 Å². The Balaban J connectivity index is 1.88. The fraction of sp³-hybridized carbons (Fsp3) is 0.450. The summed E-state index contributed by atoms with van der Waals surface area (Å²) >= 11 is 0.